The first kappa shape index (κ1) is 15.3. The first-order valence-electron chi connectivity index (χ1n) is 6.82. The predicted molar refractivity (Wildman–Crippen MR) is 80.9 cm³/mol. The van der Waals surface area contributed by atoms with E-state index < -0.39 is 12.0 Å². The van der Waals surface area contributed by atoms with Gasteiger partial charge in [-0.1, -0.05) is 22.9 Å². The lowest BCUT2D eigenvalue weighted by molar-refractivity contribution is -0.147. The summed E-state index contributed by atoms with van der Waals surface area (Å²) < 4.78 is 6.23. The van der Waals surface area contributed by atoms with E-state index in [4.69, 9.17) is 4.74 Å². The van der Waals surface area contributed by atoms with Gasteiger partial charge in [0.25, 0.3) is 0 Å². The number of hydrogen-bond donors (Lipinski definition) is 1. The van der Waals surface area contributed by atoms with Gasteiger partial charge in [0, 0.05) is 11.0 Å². The van der Waals surface area contributed by atoms with Gasteiger partial charge in [-0.05, 0) is 49.1 Å². The molecule has 20 heavy (non-hydrogen) atoms. The van der Waals surface area contributed by atoms with Crippen LogP contribution in [0, 0.1) is 5.92 Å². The van der Waals surface area contributed by atoms with E-state index in [1.165, 1.54) is 0 Å². The smallest absolute Gasteiger partial charge is 0.321 e. The number of ether oxygens (including phenoxy) is 1. The normalized spacial score (nSPS) is 23.6. The highest BCUT2D eigenvalue weighted by atomic mass is 79.9. The van der Waals surface area contributed by atoms with Crippen molar-refractivity contribution in [2.75, 3.05) is 13.7 Å². The molecule has 1 aromatic rings. The van der Waals surface area contributed by atoms with E-state index in [0.29, 0.717) is 6.54 Å². The first-order chi connectivity index (χ1) is 9.52. The van der Waals surface area contributed by atoms with E-state index >= 15 is 0 Å². The maximum atomic E-state index is 11.5. The summed E-state index contributed by atoms with van der Waals surface area (Å²) in [6.45, 7) is 3.47. The average Bonchev–Trinajstić information content (AvgIpc) is 2.41. The quantitative estimate of drug-likeness (QED) is 0.913. The van der Waals surface area contributed by atoms with Gasteiger partial charge in [-0.3, -0.25) is 9.69 Å². The van der Waals surface area contributed by atoms with Crippen LogP contribution in [0.4, 0.5) is 0 Å². The molecular formula is C15H20BrNO3. The van der Waals surface area contributed by atoms with Crippen LogP contribution >= 0.6 is 15.9 Å². The number of carboxylic acid groups (broad SMARTS) is 1. The molecule has 0 spiro atoms. The SMILES string of the molecule is COc1ccc(Br)c(CN2CCCC(C)C2C(=O)O)c1. The Morgan fingerprint density at radius 3 is 2.95 bits per heavy atom. The molecule has 1 fully saturated rings. The number of piperidine rings is 1. The third-order valence-corrected chi connectivity index (χ3v) is 4.69. The lowest BCUT2D eigenvalue weighted by atomic mass is 9.90. The number of rotatable bonds is 4. The summed E-state index contributed by atoms with van der Waals surface area (Å²) >= 11 is 3.53. The molecule has 5 heteroatoms. The third kappa shape index (κ3) is 3.33. The summed E-state index contributed by atoms with van der Waals surface area (Å²) in [7, 11) is 1.63. The van der Waals surface area contributed by atoms with E-state index in [-0.39, 0.29) is 5.92 Å². The summed E-state index contributed by atoms with van der Waals surface area (Å²) in [5, 5.41) is 9.45. The minimum absolute atomic E-state index is 0.186. The van der Waals surface area contributed by atoms with Crippen molar-refractivity contribution in [1.82, 2.24) is 4.90 Å². The molecule has 1 aliphatic rings. The topological polar surface area (TPSA) is 49.8 Å². The van der Waals surface area contributed by atoms with Crippen molar-refractivity contribution < 1.29 is 14.6 Å². The van der Waals surface area contributed by atoms with Crippen LogP contribution in [-0.4, -0.2) is 35.7 Å². The van der Waals surface area contributed by atoms with E-state index in [1.807, 2.05) is 25.1 Å². The van der Waals surface area contributed by atoms with Crippen LogP contribution in [0.15, 0.2) is 22.7 Å². The Morgan fingerprint density at radius 2 is 2.30 bits per heavy atom. The molecule has 1 aromatic carbocycles. The Balaban J connectivity index is 2.21. The predicted octanol–water partition coefficient (Wildman–Crippen LogP) is 3.14. The maximum Gasteiger partial charge on any atom is 0.321 e. The number of carbonyl (C=O) groups is 1. The Hall–Kier alpha value is -1.07. The number of methoxy groups -OCH3 is 1. The Kier molecular flexibility index (Phi) is 5.05. The Bertz CT molecular complexity index is 492. The van der Waals surface area contributed by atoms with Crippen molar-refractivity contribution in [2.45, 2.75) is 32.4 Å². The van der Waals surface area contributed by atoms with Crippen LogP contribution in [0.25, 0.3) is 0 Å². The van der Waals surface area contributed by atoms with E-state index in [1.54, 1.807) is 7.11 Å². The second kappa shape index (κ2) is 6.59. The van der Waals surface area contributed by atoms with Crippen molar-refractivity contribution >= 4 is 21.9 Å². The highest BCUT2D eigenvalue weighted by Gasteiger charge is 2.34. The second-order valence-electron chi connectivity index (χ2n) is 5.33. The molecule has 4 nitrogen and oxygen atoms in total. The summed E-state index contributed by atoms with van der Waals surface area (Å²) in [5.74, 6) is 0.252. The van der Waals surface area contributed by atoms with Gasteiger partial charge in [0.1, 0.15) is 11.8 Å². The number of benzene rings is 1. The van der Waals surface area contributed by atoms with Gasteiger partial charge in [-0.15, -0.1) is 0 Å². The molecule has 2 unspecified atom stereocenters. The van der Waals surface area contributed by atoms with Crippen molar-refractivity contribution in [3.8, 4) is 5.75 Å². The van der Waals surface area contributed by atoms with E-state index in [2.05, 4.69) is 20.8 Å². The molecule has 0 aromatic heterocycles. The minimum atomic E-state index is -0.726. The molecule has 2 atom stereocenters. The zero-order valence-electron chi connectivity index (χ0n) is 11.8. The number of likely N-dealkylation sites (tertiary alicyclic amines) is 1. The summed E-state index contributed by atoms with van der Waals surface area (Å²) in [5.41, 5.74) is 1.06. The van der Waals surface area contributed by atoms with Gasteiger partial charge in [0.05, 0.1) is 7.11 Å². The van der Waals surface area contributed by atoms with E-state index in [9.17, 15) is 9.90 Å². The van der Waals surface area contributed by atoms with Gasteiger partial charge in [0.2, 0.25) is 0 Å². The van der Waals surface area contributed by atoms with Crippen molar-refractivity contribution in [3.63, 3.8) is 0 Å². The zero-order chi connectivity index (χ0) is 14.7. The van der Waals surface area contributed by atoms with Crippen molar-refractivity contribution in [3.05, 3.63) is 28.2 Å². The Morgan fingerprint density at radius 1 is 1.55 bits per heavy atom. The molecule has 0 radical (unpaired) electrons. The number of carboxylic acids is 1. The number of nitrogens with zero attached hydrogens (tertiary/aromatic N) is 1. The third-order valence-electron chi connectivity index (χ3n) is 3.92. The molecule has 0 amide bonds. The van der Waals surface area contributed by atoms with Gasteiger partial charge in [0.15, 0.2) is 0 Å². The molecule has 1 aliphatic heterocycles. The van der Waals surface area contributed by atoms with Crippen molar-refractivity contribution in [2.24, 2.45) is 5.92 Å². The largest absolute Gasteiger partial charge is 0.497 e. The van der Waals surface area contributed by atoms with E-state index in [0.717, 1.165) is 35.2 Å². The highest BCUT2D eigenvalue weighted by Crippen LogP contribution is 2.29. The molecule has 1 N–H and O–H groups in total. The monoisotopic (exact) mass is 341 g/mol. The molecule has 2 rings (SSSR count). The lowest BCUT2D eigenvalue weighted by Gasteiger charge is -2.37. The average molecular weight is 342 g/mol. The molecule has 1 heterocycles. The summed E-state index contributed by atoms with van der Waals surface area (Å²) in [6, 6.07) is 5.39. The molecule has 0 bridgehead atoms. The van der Waals surface area contributed by atoms with Crippen LogP contribution in [0.1, 0.15) is 25.3 Å². The molecular weight excluding hydrogens is 322 g/mol. The fourth-order valence-electron chi connectivity index (χ4n) is 2.87. The van der Waals surface area contributed by atoms with Crippen LogP contribution in [-0.2, 0) is 11.3 Å². The van der Waals surface area contributed by atoms with Crippen LogP contribution in [0.3, 0.4) is 0 Å². The van der Waals surface area contributed by atoms with Gasteiger partial charge < -0.3 is 9.84 Å². The summed E-state index contributed by atoms with van der Waals surface area (Å²) in [4.78, 5) is 13.5. The van der Waals surface area contributed by atoms with Gasteiger partial charge in [-0.25, -0.2) is 0 Å². The molecule has 110 valence electrons. The highest BCUT2D eigenvalue weighted by molar-refractivity contribution is 9.10. The van der Waals surface area contributed by atoms with Crippen LogP contribution < -0.4 is 4.74 Å². The van der Waals surface area contributed by atoms with Crippen molar-refractivity contribution in [1.29, 1.82) is 0 Å². The minimum Gasteiger partial charge on any atom is -0.497 e. The fraction of sp³-hybridized carbons (Fsp3) is 0.533. The maximum absolute atomic E-state index is 11.5. The van der Waals surface area contributed by atoms with Gasteiger partial charge in [-0.2, -0.15) is 0 Å². The molecule has 0 aliphatic carbocycles. The fourth-order valence-corrected chi connectivity index (χ4v) is 3.24. The number of hydrogen-bond acceptors (Lipinski definition) is 3. The first-order valence-corrected chi connectivity index (χ1v) is 7.61. The number of aliphatic carboxylic acids is 1. The molecule has 0 saturated carbocycles. The second-order valence-corrected chi connectivity index (χ2v) is 6.18. The number of halogens is 1. The zero-order valence-corrected chi connectivity index (χ0v) is 13.4. The van der Waals surface area contributed by atoms with Crippen LogP contribution in [0.5, 0.6) is 5.75 Å². The standard InChI is InChI=1S/C15H20BrNO3/c1-10-4-3-7-17(14(10)15(18)19)9-11-8-12(20-2)5-6-13(11)16/h5-6,8,10,14H,3-4,7,9H2,1-2H3,(H,18,19). The van der Waals surface area contributed by atoms with Crippen LogP contribution in [0.2, 0.25) is 0 Å². The Labute approximate surface area is 127 Å². The molecule has 1 saturated heterocycles. The summed E-state index contributed by atoms with van der Waals surface area (Å²) in [6.07, 6.45) is 2.03. The van der Waals surface area contributed by atoms with Gasteiger partial charge >= 0.3 is 5.97 Å². The lowest BCUT2D eigenvalue weighted by Crippen LogP contribution is -2.48.